The van der Waals surface area contributed by atoms with E-state index in [-0.39, 0.29) is 23.4 Å². The third-order valence-corrected chi connectivity index (χ3v) is 6.43. The number of nitrogens with one attached hydrogen (secondary N) is 2. The van der Waals surface area contributed by atoms with Gasteiger partial charge in [0.2, 0.25) is 0 Å². The molecule has 7 heteroatoms. The number of para-hydroxylation sites is 1. The molecule has 34 heavy (non-hydrogen) atoms. The first-order valence-corrected chi connectivity index (χ1v) is 12.7. The fourth-order valence-corrected chi connectivity index (χ4v) is 4.65. The number of urea groups is 1. The third-order valence-electron chi connectivity index (χ3n) is 6.43. The number of likely N-dealkylation sites (tertiary alicyclic amines) is 1. The molecule has 0 radical (unpaired) electrons. The van der Waals surface area contributed by atoms with Gasteiger partial charge in [-0.25, -0.2) is 4.79 Å². The minimum absolute atomic E-state index is 0.00740. The standard InChI is InChI=1S/C27H47N3O4/c1-21(18-28-5)29-25(31)30-16-11-12-22(19-30)27(32,15-9-10-17-33-6)23-13-7-8-14-24(23)34-20-26(2,3)4/h7-8,13-14,21-22,28,32H,9-12,15-20H2,1-6H3,(H,29,31)/t21-,22+,27-/m0/s1. The summed E-state index contributed by atoms with van der Waals surface area (Å²) in [6, 6.07) is 7.84. The molecule has 0 bridgehead atoms. The molecule has 0 aromatic heterocycles. The molecule has 194 valence electrons. The van der Waals surface area contributed by atoms with E-state index in [4.69, 9.17) is 9.47 Å². The van der Waals surface area contributed by atoms with Gasteiger partial charge in [-0.15, -0.1) is 0 Å². The Morgan fingerprint density at radius 3 is 2.68 bits per heavy atom. The van der Waals surface area contributed by atoms with Crippen LogP contribution in [0, 0.1) is 11.3 Å². The Bertz CT molecular complexity index is 752. The van der Waals surface area contributed by atoms with Crippen LogP contribution < -0.4 is 15.4 Å². The van der Waals surface area contributed by atoms with Crippen molar-refractivity contribution in [3.8, 4) is 5.75 Å². The Balaban J connectivity index is 2.28. The van der Waals surface area contributed by atoms with E-state index < -0.39 is 5.60 Å². The Labute approximate surface area is 206 Å². The number of likely N-dealkylation sites (N-methyl/N-ethyl adjacent to an activating group) is 1. The summed E-state index contributed by atoms with van der Waals surface area (Å²) in [6.45, 7) is 11.6. The topological polar surface area (TPSA) is 83.1 Å². The van der Waals surface area contributed by atoms with Crippen molar-refractivity contribution in [2.45, 2.75) is 71.4 Å². The lowest BCUT2D eigenvalue weighted by atomic mass is 9.73. The number of benzene rings is 1. The van der Waals surface area contributed by atoms with Gasteiger partial charge < -0.3 is 30.1 Å². The average molecular weight is 478 g/mol. The molecule has 0 saturated carbocycles. The molecule has 3 atom stereocenters. The van der Waals surface area contributed by atoms with Crippen molar-refractivity contribution in [1.29, 1.82) is 0 Å². The van der Waals surface area contributed by atoms with Crippen molar-refractivity contribution < 1.29 is 19.4 Å². The highest BCUT2D eigenvalue weighted by molar-refractivity contribution is 5.74. The van der Waals surface area contributed by atoms with E-state index >= 15 is 0 Å². The molecule has 3 N–H and O–H groups in total. The summed E-state index contributed by atoms with van der Waals surface area (Å²) >= 11 is 0. The molecule has 1 aliphatic rings. The van der Waals surface area contributed by atoms with Crippen LogP contribution in [0.1, 0.15) is 65.4 Å². The minimum Gasteiger partial charge on any atom is -0.493 e. The van der Waals surface area contributed by atoms with E-state index in [9.17, 15) is 9.90 Å². The predicted octanol–water partition coefficient (Wildman–Crippen LogP) is 4.15. The van der Waals surface area contributed by atoms with Gasteiger partial charge in [0.1, 0.15) is 5.75 Å². The molecule has 0 aliphatic carbocycles. The van der Waals surface area contributed by atoms with Gasteiger partial charge in [-0.2, -0.15) is 0 Å². The number of carbonyl (C=O) groups is 1. The number of hydrogen-bond donors (Lipinski definition) is 3. The normalized spacial score (nSPS) is 19.4. The molecule has 0 spiro atoms. The van der Waals surface area contributed by atoms with Crippen LogP contribution in [0.25, 0.3) is 0 Å². The number of unbranched alkanes of at least 4 members (excludes halogenated alkanes) is 1. The highest BCUT2D eigenvalue weighted by Gasteiger charge is 2.43. The fourth-order valence-electron chi connectivity index (χ4n) is 4.65. The number of methoxy groups -OCH3 is 1. The molecular weight excluding hydrogens is 430 g/mol. The maximum atomic E-state index is 12.9. The molecule has 2 rings (SSSR count). The lowest BCUT2D eigenvalue weighted by Crippen LogP contribution is -2.53. The second kappa shape index (κ2) is 13.3. The van der Waals surface area contributed by atoms with Crippen molar-refractivity contribution in [2.75, 3.05) is 47.0 Å². The highest BCUT2D eigenvalue weighted by Crippen LogP contribution is 2.43. The first-order chi connectivity index (χ1) is 16.1. The third kappa shape index (κ3) is 8.43. The predicted molar refractivity (Wildman–Crippen MR) is 137 cm³/mol. The van der Waals surface area contributed by atoms with E-state index in [1.54, 1.807) is 7.11 Å². The van der Waals surface area contributed by atoms with Gasteiger partial charge in [0.15, 0.2) is 0 Å². The van der Waals surface area contributed by atoms with Crippen LogP contribution in [0.15, 0.2) is 24.3 Å². The molecule has 1 fully saturated rings. The number of hydrogen-bond acceptors (Lipinski definition) is 5. The van der Waals surface area contributed by atoms with Gasteiger partial charge >= 0.3 is 6.03 Å². The second-order valence-corrected chi connectivity index (χ2v) is 10.9. The van der Waals surface area contributed by atoms with Crippen LogP contribution in [-0.4, -0.2) is 69.1 Å². The van der Waals surface area contributed by atoms with Gasteiger partial charge in [0.05, 0.1) is 12.2 Å². The number of nitrogens with zero attached hydrogens (tertiary/aromatic N) is 1. The van der Waals surface area contributed by atoms with Crippen LogP contribution in [0.2, 0.25) is 0 Å². The van der Waals surface area contributed by atoms with Gasteiger partial charge in [-0.3, -0.25) is 0 Å². The maximum absolute atomic E-state index is 12.9. The quantitative estimate of drug-likeness (QED) is 0.394. The molecule has 1 saturated heterocycles. The van der Waals surface area contributed by atoms with E-state index in [1.807, 2.05) is 43.1 Å². The van der Waals surface area contributed by atoms with Crippen LogP contribution in [0.5, 0.6) is 5.75 Å². The second-order valence-electron chi connectivity index (χ2n) is 10.9. The summed E-state index contributed by atoms with van der Waals surface area (Å²) in [5.41, 5.74) is -0.252. The van der Waals surface area contributed by atoms with Crippen LogP contribution in [-0.2, 0) is 10.3 Å². The van der Waals surface area contributed by atoms with Crippen LogP contribution >= 0.6 is 0 Å². The van der Waals surface area contributed by atoms with Crippen molar-refractivity contribution in [3.63, 3.8) is 0 Å². The SMILES string of the molecule is CNC[C@H](C)NC(=O)N1CCC[C@@H]([C@@](O)(CCCCOC)c2ccccc2OCC(C)(C)C)C1. The zero-order valence-electron chi connectivity index (χ0n) is 22.2. The van der Waals surface area contributed by atoms with Crippen molar-refractivity contribution >= 4 is 6.03 Å². The zero-order chi connectivity index (χ0) is 25.2. The Hall–Kier alpha value is -1.83. The summed E-state index contributed by atoms with van der Waals surface area (Å²) in [6.07, 6.45) is 4.04. The molecule has 1 heterocycles. The molecule has 1 aromatic carbocycles. The molecule has 7 nitrogen and oxygen atoms in total. The number of aliphatic hydroxyl groups is 1. The number of amides is 2. The first-order valence-electron chi connectivity index (χ1n) is 12.7. The Morgan fingerprint density at radius 1 is 1.26 bits per heavy atom. The van der Waals surface area contributed by atoms with Gasteiger partial charge in [-0.1, -0.05) is 39.0 Å². The molecule has 1 aliphatic heterocycles. The van der Waals surface area contributed by atoms with Crippen molar-refractivity contribution in [1.82, 2.24) is 15.5 Å². The molecular formula is C27H47N3O4. The summed E-state index contributed by atoms with van der Waals surface area (Å²) in [4.78, 5) is 14.8. The molecule has 0 unspecified atom stereocenters. The monoisotopic (exact) mass is 477 g/mol. The summed E-state index contributed by atoms with van der Waals surface area (Å²) in [5.74, 6) is 0.657. The van der Waals surface area contributed by atoms with E-state index in [2.05, 4.69) is 31.4 Å². The number of ether oxygens (including phenoxy) is 2. The molecule has 2 amide bonds. The number of carbonyl (C=O) groups excluding carboxylic acids is 1. The van der Waals surface area contributed by atoms with Crippen molar-refractivity contribution in [3.05, 3.63) is 29.8 Å². The van der Waals surface area contributed by atoms with E-state index in [1.165, 1.54) is 0 Å². The average Bonchev–Trinajstić information content (AvgIpc) is 2.80. The number of rotatable bonds is 12. The molecule has 1 aromatic rings. The lowest BCUT2D eigenvalue weighted by Gasteiger charge is -2.43. The van der Waals surface area contributed by atoms with Gasteiger partial charge in [0, 0.05) is 50.9 Å². The van der Waals surface area contributed by atoms with Gasteiger partial charge in [-0.05, 0) is 57.6 Å². The smallest absolute Gasteiger partial charge is 0.317 e. The summed E-state index contributed by atoms with van der Waals surface area (Å²) in [5, 5.41) is 18.5. The Kier molecular flexibility index (Phi) is 11.1. The van der Waals surface area contributed by atoms with Crippen LogP contribution in [0.4, 0.5) is 4.79 Å². The van der Waals surface area contributed by atoms with Crippen LogP contribution in [0.3, 0.4) is 0 Å². The minimum atomic E-state index is -1.09. The van der Waals surface area contributed by atoms with E-state index in [0.717, 1.165) is 37.0 Å². The van der Waals surface area contributed by atoms with Crippen molar-refractivity contribution in [2.24, 2.45) is 11.3 Å². The Morgan fingerprint density at radius 2 is 2.00 bits per heavy atom. The summed E-state index contributed by atoms with van der Waals surface area (Å²) < 4.78 is 11.5. The highest BCUT2D eigenvalue weighted by atomic mass is 16.5. The zero-order valence-corrected chi connectivity index (χ0v) is 22.2. The first kappa shape index (κ1) is 28.4. The summed E-state index contributed by atoms with van der Waals surface area (Å²) in [7, 11) is 3.58. The van der Waals surface area contributed by atoms with E-state index in [0.29, 0.717) is 39.3 Å². The number of piperidine rings is 1. The van der Waals surface area contributed by atoms with Gasteiger partial charge in [0.25, 0.3) is 0 Å². The largest absolute Gasteiger partial charge is 0.493 e. The maximum Gasteiger partial charge on any atom is 0.317 e. The fraction of sp³-hybridized carbons (Fsp3) is 0.741. The lowest BCUT2D eigenvalue weighted by molar-refractivity contribution is -0.0583.